The van der Waals surface area contributed by atoms with Crippen molar-refractivity contribution in [1.29, 1.82) is 0 Å². The summed E-state index contributed by atoms with van der Waals surface area (Å²) in [7, 11) is 0. The number of fused-ring (bicyclic) bond motifs is 1. The number of Topliss-reactive ketones (excluding diaryl/α,β-unsaturated/α-hetero) is 1. The van der Waals surface area contributed by atoms with E-state index in [1.807, 2.05) is 0 Å². The largest absolute Gasteiger partial charge is 0.419 e. The van der Waals surface area contributed by atoms with Gasteiger partial charge in [-0.25, -0.2) is 4.39 Å². The molecule has 0 atom stereocenters. The Morgan fingerprint density at radius 1 is 1.30 bits per heavy atom. The Kier molecular flexibility index (Phi) is 6.33. The van der Waals surface area contributed by atoms with E-state index in [0.717, 1.165) is 6.07 Å². The smallest absolute Gasteiger partial charge is 0.395 e. The van der Waals surface area contributed by atoms with Crippen molar-refractivity contribution >= 4 is 23.3 Å². The molecule has 1 aliphatic carbocycles. The summed E-state index contributed by atoms with van der Waals surface area (Å²) >= 11 is 6.18. The van der Waals surface area contributed by atoms with Gasteiger partial charge in [0.1, 0.15) is 5.82 Å². The molecule has 0 aromatic heterocycles. The molecular weight excluding hydrogens is 428 g/mol. The maximum absolute atomic E-state index is 13.7. The molecule has 2 N–H and O–H groups in total. The van der Waals surface area contributed by atoms with Crippen LogP contribution in [0.25, 0.3) is 0 Å². The number of ketones is 1. The monoisotopic (exact) mass is 444 g/mol. The molecule has 0 radical (unpaired) electrons. The fraction of sp³-hybridized carbons (Fsp3) is 0.300. The Balaban J connectivity index is 1.81. The average Bonchev–Trinajstić information content (AvgIpc) is 2.63. The summed E-state index contributed by atoms with van der Waals surface area (Å²) in [6.45, 7) is 0.161. The van der Waals surface area contributed by atoms with E-state index in [1.54, 1.807) is 17.2 Å². The van der Waals surface area contributed by atoms with E-state index in [-0.39, 0.29) is 47.3 Å². The zero-order valence-corrected chi connectivity index (χ0v) is 16.3. The summed E-state index contributed by atoms with van der Waals surface area (Å²) in [4.78, 5) is 26.6. The van der Waals surface area contributed by atoms with Crippen LogP contribution in [-0.4, -0.2) is 41.4 Å². The molecule has 1 aromatic carbocycles. The molecule has 160 valence electrons. The number of nitrogens with zero attached hydrogens (tertiary/aromatic N) is 1. The molecule has 1 aromatic rings. The minimum absolute atomic E-state index is 0.00699. The molecule has 5 nitrogen and oxygen atoms in total. The van der Waals surface area contributed by atoms with Crippen molar-refractivity contribution in [2.24, 2.45) is 0 Å². The number of carbonyl (C=O) groups is 2. The standard InChI is InChI=1S/C20H17ClF4N2O3/c21-14-4-2-12-9-27(5-6-28)10-16(29)18(12)19(14)26-17(30)8-11-1-3-13(15(22)7-11)20(23,24)25/h1,3-4,7,9,28H,2,5-6,8,10H2,(H,26,30). The third-order valence-corrected chi connectivity index (χ3v) is 4.97. The second-order valence-corrected chi connectivity index (χ2v) is 7.22. The van der Waals surface area contributed by atoms with E-state index in [0.29, 0.717) is 24.1 Å². The van der Waals surface area contributed by atoms with Crippen molar-refractivity contribution in [2.75, 3.05) is 19.7 Å². The van der Waals surface area contributed by atoms with Crippen molar-refractivity contribution in [1.82, 2.24) is 10.2 Å². The van der Waals surface area contributed by atoms with Gasteiger partial charge in [0.05, 0.1) is 35.9 Å². The first kappa shape index (κ1) is 22.0. The number of hydrogen-bond acceptors (Lipinski definition) is 4. The van der Waals surface area contributed by atoms with Crippen LogP contribution in [0.1, 0.15) is 17.5 Å². The Bertz CT molecular complexity index is 983. The predicted molar refractivity (Wildman–Crippen MR) is 101 cm³/mol. The summed E-state index contributed by atoms with van der Waals surface area (Å²) in [5.41, 5.74) is -0.381. The number of halogens is 5. The Hall–Kier alpha value is -2.65. The lowest BCUT2D eigenvalue weighted by atomic mass is 9.90. The van der Waals surface area contributed by atoms with Crippen LogP contribution in [0.2, 0.25) is 0 Å². The fourth-order valence-electron chi connectivity index (χ4n) is 3.31. The number of aliphatic hydroxyl groups is 1. The van der Waals surface area contributed by atoms with Crippen LogP contribution >= 0.6 is 11.6 Å². The van der Waals surface area contributed by atoms with Gasteiger partial charge in [-0.05, 0) is 29.7 Å². The van der Waals surface area contributed by atoms with Gasteiger partial charge in [0, 0.05) is 18.3 Å². The number of carbonyl (C=O) groups excluding carboxylic acids is 2. The average molecular weight is 445 g/mol. The molecule has 0 saturated carbocycles. The molecule has 2 aliphatic rings. The van der Waals surface area contributed by atoms with Crippen LogP contribution in [0.3, 0.4) is 0 Å². The first-order valence-corrected chi connectivity index (χ1v) is 9.33. The second kappa shape index (κ2) is 8.61. The SMILES string of the molecule is O=C(Cc1ccc(C(F)(F)F)c(F)c1)NC1=C2C(=O)CN(CCO)C=C2CC=C1Cl. The second-order valence-electron chi connectivity index (χ2n) is 6.81. The molecule has 3 rings (SSSR count). The molecule has 0 saturated heterocycles. The van der Waals surface area contributed by atoms with E-state index in [9.17, 15) is 27.2 Å². The topological polar surface area (TPSA) is 69.6 Å². The molecule has 0 bridgehead atoms. The van der Waals surface area contributed by atoms with Crippen LogP contribution in [-0.2, 0) is 22.2 Å². The van der Waals surface area contributed by atoms with Crippen molar-refractivity contribution in [3.63, 3.8) is 0 Å². The Morgan fingerprint density at radius 3 is 2.67 bits per heavy atom. The lowest BCUT2D eigenvalue weighted by molar-refractivity contribution is -0.140. The molecule has 0 fully saturated rings. The van der Waals surface area contributed by atoms with Gasteiger partial charge in [0.25, 0.3) is 0 Å². The summed E-state index contributed by atoms with van der Waals surface area (Å²) < 4.78 is 51.7. The highest BCUT2D eigenvalue weighted by Crippen LogP contribution is 2.34. The van der Waals surface area contributed by atoms with Gasteiger partial charge in [-0.15, -0.1) is 0 Å². The minimum atomic E-state index is -4.83. The molecule has 0 spiro atoms. The molecule has 1 amide bonds. The summed E-state index contributed by atoms with van der Waals surface area (Å²) in [5, 5.41) is 11.8. The van der Waals surface area contributed by atoms with Crippen molar-refractivity contribution < 1.29 is 32.3 Å². The van der Waals surface area contributed by atoms with Gasteiger partial charge in [0.15, 0.2) is 5.78 Å². The minimum Gasteiger partial charge on any atom is -0.395 e. The van der Waals surface area contributed by atoms with E-state index in [4.69, 9.17) is 16.7 Å². The third-order valence-electron chi connectivity index (χ3n) is 4.63. The molecular formula is C20H17ClF4N2O3. The maximum atomic E-state index is 13.7. The number of nitrogens with one attached hydrogen (secondary N) is 1. The summed E-state index contributed by atoms with van der Waals surface area (Å²) in [6.07, 6.45) is -1.54. The van der Waals surface area contributed by atoms with Gasteiger partial charge in [-0.3, -0.25) is 9.59 Å². The van der Waals surface area contributed by atoms with E-state index >= 15 is 0 Å². The number of benzene rings is 1. The van der Waals surface area contributed by atoms with Gasteiger partial charge < -0.3 is 15.3 Å². The molecule has 30 heavy (non-hydrogen) atoms. The normalized spacial score (nSPS) is 16.9. The zero-order valence-electron chi connectivity index (χ0n) is 15.5. The highest BCUT2D eigenvalue weighted by atomic mass is 35.5. The van der Waals surface area contributed by atoms with Gasteiger partial charge >= 0.3 is 6.18 Å². The number of amides is 1. The number of β-amino-alcohol motifs (C(OH)–C–C–N with tert-alkyl or cyclic N) is 1. The number of allylic oxidation sites excluding steroid dienone is 3. The molecule has 0 unspecified atom stereocenters. The quantitative estimate of drug-likeness (QED) is 0.685. The number of alkyl halides is 3. The first-order valence-electron chi connectivity index (χ1n) is 8.95. The van der Waals surface area contributed by atoms with Crippen LogP contribution in [0.15, 0.2) is 52.4 Å². The van der Waals surface area contributed by atoms with Gasteiger partial charge in [0.2, 0.25) is 5.91 Å². The maximum Gasteiger partial charge on any atom is 0.419 e. The third kappa shape index (κ3) is 4.73. The lowest BCUT2D eigenvalue weighted by Gasteiger charge is -2.30. The van der Waals surface area contributed by atoms with Crippen molar-refractivity contribution in [3.8, 4) is 0 Å². The number of rotatable bonds is 5. The highest BCUT2D eigenvalue weighted by Gasteiger charge is 2.34. The van der Waals surface area contributed by atoms with Crippen LogP contribution in [0, 0.1) is 5.82 Å². The molecule has 1 heterocycles. The van der Waals surface area contributed by atoms with Crippen LogP contribution in [0.4, 0.5) is 17.6 Å². The zero-order chi connectivity index (χ0) is 22.1. The molecule has 10 heteroatoms. The highest BCUT2D eigenvalue weighted by molar-refractivity contribution is 6.33. The van der Waals surface area contributed by atoms with Gasteiger partial charge in [-0.1, -0.05) is 23.7 Å². The van der Waals surface area contributed by atoms with E-state index in [2.05, 4.69) is 5.32 Å². The van der Waals surface area contributed by atoms with E-state index < -0.39 is 29.9 Å². The lowest BCUT2D eigenvalue weighted by Crippen LogP contribution is -2.37. The van der Waals surface area contributed by atoms with Crippen molar-refractivity contribution in [2.45, 2.75) is 19.0 Å². The van der Waals surface area contributed by atoms with Crippen molar-refractivity contribution in [3.05, 3.63) is 69.3 Å². The number of aliphatic hydroxyl groups excluding tert-OH is 1. The first-order chi connectivity index (χ1) is 14.1. The van der Waals surface area contributed by atoms with Gasteiger partial charge in [-0.2, -0.15) is 13.2 Å². The van der Waals surface area contributed by atoms with E-state index in [1.165, 1.54) is 0 Å². The summed E-state index contributed by atoms with van der Waals surface area (Å²) in [5.74, 6) is -2.42. The Labute approximate surface area is 174 Å². The fourth-order valence-corrected chi connectivity index (χ4v) is 3.53. The Morgan fingerprint density at radius 2 is 2.03 bits per heavy atom. The molecule has 1 aliphatic heterocycles. The van der Waals surface area contributed by atoms with Crippen LogP contribution < -0.4 is 5.32 Å². The summed E-state index contributed by atoms with van der Waals surface area (Å²) in [6, 6.07) is 2.25. The predicted octanol–water partition coefficient (Wildman–Crippen LogP) is 3.04. The number of hydrogen-bond donors (Lipinski definition) is 2. The van der Waals surface area contributed by atoms with Crippen LogP contribution in [0.5, 0.6) is 0 Å².